The molecule has 0 spiro atoms. The third-order valence-corrected chi connectivity index (χ3v) is 14.3. The summed E-state index contributed by atoms with van der Waals surface area (Å²) in [6, 6.07) is 35.9. The Morgan fingerprint density at radius 3 is 1.44 bits per heavy atom. The molecule has 6 rings (SSSR count). The SMILES string of the molecule is CCCCc1cc(-c2ccc(C=Cc3ccc(C=Cc4ccc(-c5ccc(-c6cc(CCCC)c(COCCOCCC)s6)s5)cc4)cc3)cc2)sc1CCOCCOCC. The average Bonchev–Trinajstić information content (AvgIpc) is 4.06. The van der Waals surface area contributed by atoms with Crippen molar-refractivity contribution in [3.8, 4) is 30.6 Å². The van der Waals surface area contributed by atoms with Crippen molar-refractivity contribution in [1.29, 1.82) is 0 Å². The molecule has 0 bridgehead atoms. The monoisotopic (exact) mass is 872 g/mol. The molecule has 0 fully saturated rings. The number of hydrogen-bond acceptors (Lipinski definition) is 7. The maximum Gasteiger partial charge on any atom is 0.0813 e. The summed E-state index contributed by atoms with van der Waals surface area (Å²) >= 11 is 5.67. The van der Waals surface area contributed by atoms with E-state index in [4.69, 9.17) is 18.9 Å². The van der Waals surface area contributed by atoms with Crippen molar-refractivity contribution in [2.45, 2.75) is 85.7 Å². The van der Waals surface area contributed by atoms with E-state index in [1.54, 1.807) is 0 Å². The predicted octanol–water partition coefficient (Wildman–Crippen LogP) is 15.4. The maximum atomic E-state index is 6.01. The molecule has 6 aromatic rings. The van der Waals surface area contributed by atoms with Crippen molar-refractivity contribution in [3.05, 3.63) is 140 Å². The molecule has 0 aliphatic rings. The van der Waals surface area contributed by atoms with Gasteiger partial charge in [-0.3, -0.25) is 0 Å². The first-order chi connectivity index (χ1) is 30.1. The number of thiophene rings is 3. The largest absolute Gasteiger partial charge is 0.379 e. The van der Waals surface area contributed by atoms with E-state index >= 15 is 0 Å². The summed E-state index contributed by atoms with van der Waals surface area (Å²) in [6.07, 6.45) is 17.8. The van der Waals surface area contributed by atoms with Crippen LogP contribution in [-0.2, 0) is 44.8 Å². The summed E-state index contributed by atoms with van der Waals surface area (Å²) in [7, 11) is 0. The molecule has 0 saturated carbocycles. The second kappa shape index (κ2) is 25.9. The highest BCUT2D eigenvalue weighted by Gasteiger charge is 2.14. The highest BCUT2D eigenvalue weighted by Crippen LogP contribution is 2.40. The minimum absolute atomic E-state index is 0.641. The normalized spacial score (nSPS) is 11.8. The molecule has 0 amide bonds. The summed E-state index contributed by atoms with van der Waals surface area (Å²) in [6.45, 7) is 14.2. The first-order valence-corrected chi connectivity index (χ1v) is 24.8. The topological polar surface area (TPSA) is 36.9 Å². The second-order valence-electron chi connectivity index (χ2n) is 15.3. The molecular formula is C54H64O4S3. The van der Waals surface area contributed by atoms with Gasteiger partial charge in [0.2, 0.25) is 0 Å². The van der Waals surface area contributed by atoms with Crippen LogP contribution in [0.5, 0.6) is 0 Å². The lowest BCUT2D eigenvalue weighted by atomic mass is 10.0. The van der Waals surface area contributed by atoms with Crippen LogP contribution in [-0.4, -0.2) is 46.2 Å². The zero-order chi connectivity index (χ0) is 42.5. The molecular weight excluding hydrogens is 809 g/mol. The van der Waals surface area contributed by atoms with E-state index in [1.807, 2.05) is 40.9 Å². The Morgan fingerprint density at radius 2 is 0.869 bits per heavy atom. The van der Waals surface area contributed by atoms with Crippen LogP contribution in [0, 0.1) is 0 Å². The van der Waals surface area contributed by atoms with Crippen LogP contribution < -0.4 is 0 Å². The smallest absolute Gasteiger partial charge is 0.0813 e. The van der Waals surface area contributed by atoms with E-state index in [9.17, 15) is 0 Å². The molecule has 0 N–H and O–H groups in total. The number of unbranched alkanes of at least 4 members (excludes halogenated alkanes) is 2. The van der Waals surface area contributed by atoms with Crippen LogP contribution in [0.15, 0.2) is 97.1 Å². The summed E-state index contributed by atoms with van der Waals surface area (Å²) in [5.74, 6) is 0. The highest BCUT2D eigenvalue weighted by molar-refractivity contribution is 7.24. The van der Waals surface area contributed by atoms with Gasteiger partial charge in [0.25, 0.3) is 0 Å². The first-order valence-electron chi connectivity index (χ1n) is 22.4. The Labute approximate surface area is 377 Å². The van der Waals surface area contributed by atoms with Crippen LogP contribution in [0.2, 0.25) is 0 Å². The molecule has 0 aliphatic carbocycles. The average molecular weight is 873 g/mol. The summed E-state index contributed by atoms with van der Waals surface area (Å²) in [5, 5.41) is 0. The van der Waals surface area contributed by atoms with Crippen LogP contribution >= 0.6 is 34.0 Å². The van der Waals surface area contributed by atoms with Gasteiger partial charge in [0.05, 0.1) is 39.6 Å². The fourth-order valence-corrected chi connectivity index (χ4v) is 10.4. The minimum atomic E-state index is 0.641. The van der Waals surface area contributed by atoms with Crippen molar-refractivity contribution in [2.75, 3.05) is 46.2 Å². The van der Waals surface area contributed by atoms with Gasteiger partial charge in [-0.15, -0.1) is 34.0 Å². The van der Waals surface area contributed by atoms with E-state index in [-0.39, 0.29) is 0 Å². The Balaban J connectivity index is 1.00. The van der Waals surface area contributed by atoms with E-state index in [2.05, 4.69) is 142 Å². The quantitative estimate of drug-likeness (QED) is 0.0382. The predicted molar refractivity (Wildman–Crippen MR) is 266 cm³/mol. The van der Waals surface area contributed by atoms with Crippen LogP contribution in [0.3, 0.4) is 0 Å². The molecule has 322 valence electrons. The van der Waals surface area contributed by atoms with Crippen molar-refractivity contribution in [1.82, 2.24) is 0 Å². The number of hydrogen-bond donors (Lipinski definition) is 0. The summed E-state index contributed by atoms with van der Waals surface area (Å²) < 4.78 is 22.9. The lowest BCUT2D eigenvalue weighted by molar-refractivity contribution is 0.0415. The lowest BCUT2D eigenvalue weighted by Crippen LogP contribution is -2.06. The summed E-state index contributed by atoms with van der Waals surface area (Å²) in [5.41, 5.74) is 10.2. The van der Waals surface area contributed by atoms with Crippen LogP contribution in [0.1, 0.15) is 103 Å². The molecule has 7 heteroatoms. The van der Waals surface area contributed by atoms with E-state index in [0.29, 0.717) is 33.0 Å². The van der Waals surface area contributed by atoms with Gasteiger partial charge in [-0.1, -0.05) is 131 Å². The fraction of sp³-hybridized carbons (Fsp3) is 0.370. The van der Waals surface area contributed by atoms with Crippen LogP contribution in [0.4, 0.5) is 0 Å². The maximum absolute atomic E-state index is 6.01. The van der Waals surface area contributed by atoms with Crippen molar-refractivity contribution < 1.29 is 18.9 Å². The number of aryl methyl sites for hydroxylation is 2. The standard InChI is InChI=1S/C54H64O4S3/c1-5-9-11-47-38-52(60-50(47)31-33-57-35-34-55-8-4)46-27-23-44(24-28-46)20-18-42-15-13-41(14-16-42)17-19-43-21-25-45(26-22-43)49-29-30-51(59-49)53-39-48(12-10-6-2)54(61-53)40-58-37-36-56-32-7-3/h13-30,38-39H,5-12,31-37,40H2,1-4H3. The number of rotatable bonds is 27. The van der Waals surface area contributed by atoms with E-state index < -0.39 is 0 Å². The summed E-state index contributed by atoms with van der Waals surface area (Å²) in [4.78, 5) is 8.10. The van der Waals surface area contributed by atoms with Gasteiger partial charge in [-0.05, 0) is 108 Å². The van der Waals surface area contributed by atoms with Crippen molar-refractivity contribution in [3.63, 3.8) is 0 Å². The molecule has 3 aromatic carbocycles. The third kappa shape index (κ3) is 14.9. The van der Waals surface area contributed by atoms with Gasteiger partial charge in [-0.2, -0.15) is 0 Å². The molecule has 0 unspecified atom stereocenters. The fourth-order valence-electron chi connectivity index (χ4n) is 6.99. The van der Waals surface area contributed by atoms with E-state index in [1.165, 1.54) is 99.5 Å². The molecule has 61 heavy (non-hydrogen) atoms. The van der Waals surface area contributed by atoms with Crippen molar-refractivity contribution in [2.24, 2.45) is 0 Å². The Bertz CT molecular complexity index is 2200. The molecule has 0 aliphatic heterocycles. The second-order valence-corrected chi connectivity index (χ2v) is 18.6. The molecule has 4 nitrogen and oxygen atoms in total. The van der Waals surface area contributed by atoms with E-state index in [0.717, 1.165) is 45.5 Å². The molecule has 0 saturated heterocycles. The molecule has 0 radical (unpaired) electrons. The Kier molecular flexibility index (Phi) is 19.8. The molecule has 3 aromatic heterocycles. The molecule has 0 atom stereocenters. The minimum Gasteiger partial charge on any atom is -0.379 e. The Morgan fingerprint density at radius 1 is 0.393 bits per heavy atom. The Hall–Kier alpha value is -3.92. The van der Waals surface area contributed by atoms with Gasteiger partial charge < -0.3 is 18.9 Å². The lowest BCUT2D eigenvalue weighted by Gasteiger charge is -2.06. The van der Waals surface area contributed by atoms with Gasteiger partial charge in [0.15, 0.2) is 0 Å². The van der Waals surface area contributed by atoms with Gasteiger partial charge in [-0.25, -0.2) is 0 Å². The van der Waals surface area contributed by atoms with Gasteiger partial charge in [0.1, 0.15) is 0 Å². The first kappa shape index (κ1) is 46.6. The zero-order valence-electron chi connectivity index (χ0n) is 36.7. The van der Waals surface area contributed by atoms with Gasteiger partial charge in [0, 0.05) is 48.9 Å². The molecule has 3 heterocycles. The zero-order valence-corrected chi connectivity index (χ0v) is 39.2. The number of benzene rings is 3. The van der Waals surface area contributed by atoms with Gasteiger partial charge >= 0.3 is 0 Å². The number of ether oxygens (including phenoxy) is 4. The van der Waals surface area contributed by atoms with Crippen LogP contribution in [0.25, 0.3) is 54.9 Å². The third-order valence-electron chi connectivity index (χ3n) is 10.5. The van der Waals surface area contributed by atoms with Crippen molar-refractivity contribution >= 4 is 58.3 Å². The highest BCUT2D eigenvalue weighted by atomic mass is 32.1.